The molecule has 2 aromatic carbocycles. The lowest BCUT2D eigenvalue weighted by Gasteiger charge is -2.23. The van der Waals surface area contributed by atoms with Gasteiger partial charge in [0.1, 0.15) is 12.4 Å². The van der Waals surface area contributed by atoms with Crippen LogP contribution in [0.15, 0.2) is 36.4 Å². The second-order valence-electron chi connectivity index (χ2n) is 6.30. The predicted molar refractivity (Wildman–Crippen MR) is 119 cm³/mol. The van der Waals surface area contributed by atoms with Crippen LogP contribution in [0.5, 0.6) is 0 Å². The number of rotatable bonds is 9. The van der Waals surface area contributed by atoms with E-state index in [0.717, 1.165) is 10.6 Å². The van der Waals surface area contributed by atoms with Gasteiger partial charge in [0.15, 0.2) is 0 Å². The smallest absolute Gasteiger partial charge is 0.240 e. The van der Waals surface area contributed by atoms with Gasteiger partial charge in [-0.05, 0) is 42.8 Å². The van der Waals surface area contributed by atoms with E-state index in [1.54, 1.807) is 37.3 Å². The monoisotopic (exact) mass is 478 g/mol. The van der Waals surface area contributed by atoms with E-state index in [1.165, 1.54) is 17.8 Å². The molecule has 0 fully saturated rings. The molecule has 0 atom stereocenters. The topological polar surface area (TPSA) is 66.5 Å². The number of amides is 1. The summed E-state index contributed by atoms with van der Waals surface area (Å²) in [5, 5.41) is 3.53. The molecule has 0 aliphatic rings. The summed E-state index contributed by atoms with van der Waals surface area (Å²) in [5.41, 5.74) is 1.47. The Morgan fingerprint density at radius 1 is 1.24 bits per heavy atom. The van der Waals surface area contributed by atoms with Crippen LogP contribution in [0, 0.1) is 12.7 Å². The second kappa shape index (κ2) is 10.5. The molecule has 29 heavy (non-hydrogen) atoms. The Bertz CT molecular complexity index is 967. The molecule has 158 valence electrons. The molecule has 0 unspecified atom stereocenters. The average molecular weight is 479 g/mol. The lowest BCUT2D eigenvalue weighted by molar-refractivity contribution is -0.119. The van der Waals surface area contributed by atoms with E-state index in [-0.39, 0.29) is 12.4 Å². The van der Waals surface area contributed by atoms with Gasteiger partial charge in [-0.3, -0.25) is 9.10 Å². The predicted octanol–water partition coefficient (Wildman–Crippen LogP) is 4.26. The van der Waals surface area contributed by atoms with Crippen LogP contribution in [-0.2, 0) is 20.6 Å². The minimum Gasteiger partial charge on any atom is -0.354 e. The highest BCUT2D eigenvalue weighted by atomic mass is 35.5. The van der Waals surface area contributed by atoms with Gasteiger partial charge >= 0.3 is 0 Å². The Morgan fingerprint density at radius 2 is 1.97 bits per heavy atom. The van der Waals surface area contributed by atoms with E-state index in [9.17, 15) is 17.6 Å². The highest BCUT2D eigenvalue weighted by molar-refractivity contribution is 7.98. The summed E-state index contributed by atoms with van der Waals surface area (Å²) in [6.45, 7) is 1.69. The van der Waals surface area contributed by atoms with Gasteiger partial charge in [-0.1, -0.05) is 29.3 Å². The fourth-order valence-corrected chi connectivity index (χ4v) is 4.91. The van der Waals surface area contributed by atoms with Gasteiger partial charge in [0.25, 0.3) is 0 Å². The number of anilines is 1. The Kier molecular flexibility index (Phi) is 8.63. The molecular weight excluding hydrogens is 458 g/mol. The zero-order chi connectivity index (χ0) is 21.6. The minimum atomic E-state index is -3.66. The number of halogens is 3. The summed E-state index contributed by atoms with van der Waals surface area (Å²) in [6, 6.07) is 9.30. The molecule has 0 spiro atoms. The lowest BCUT2D eigenvalue weighted by Crippen LogP contribution is -2.41. The third-order valence-corrected chi connectivity index (χ3v) is 6.69. The van der Waals surface area contributed by atoms with Crippen molar-refractivity contribution in [2.24, 2.45) is 0 Å². The molecule has 5 nitrogen and oxygen atoms in total. The molecular formula is C19H21Cl2FN2O3S2. The third-order valence-electron chi connectivity index (χ3n) is 3.99. The van der Waals surface area contributed by atoms with E-state index in [0.29, 0.717) is 44.9 Å². The lowest BCUT2D eigenvalue weighted by atomic mass is 10.2. The first-order chi connectivity index (χ1) is 13.6. The summed E-state index contributed by atoms with van der Waals surface area (Å²) < 4.78 is 39.1. The first kappa shape index (κ1) is 23.8. The van der Waals surface area contributed by atoms with Gasteiger partial charge in [-0.25, -0.2) is 12.8 Å². The van der Waals surface area contributed by atoms with Crippen molar-refractivity contribution < 1.29 is 17.6 Å². The van der Waals surface area contributed by atoms with Gasteiger partial charge < -0.3 is 5.32 Å². The van der Waals surface area contributed by atoms with Crippen LogP contribution in [0.4, 0.5) is 10.1 Å². The molecule has 0 aliphatic heterocycles. The van der Waals surface area contributed by atoms with Crippen molar-refractivity contribution in [3.05, 3.63) is 63.4 Å². The number of hydrogen-bond donors (Lipinski definition) is 1. The fourth-order valence-electron chi connectivity index (χ4n) is 2.57. The average Bonchev–Trinajstić information content (AvgIpc) is 2.61. The summed E-state index contributed by atoms with van der Waals surface area (Å²) in [6.07, 6.45) is 1.04. The highest BCUT2D eigenvalue weighted by Gasteiger charge is 2.22. The quantitative estimate of drug-likeness (QED) is 0.546. The molecule has 0 aromatic heterocycles. The van der Waals surface area contributed by atoms with E-state index in [2.05, 4.69) is 5.32 Å². The standard InChI is InChI=1S/C19H21Cl2FN2O3S2/c1-13-10-14(20)6-7-18(13)24(29(2,26)27)11-19(25)23-8-9-28-12-15-16(21)4-3-5-17(15)22/h3-7,10H,8-9,11-12H2,1-2H3,(H,23,25). The minimum absolute atomic E-state index is 0.312. The van der Waals surface area contributed by atoms with Crippen LogP contribution < -0.4 is 9.62 Å². The Balaban J connectivity index is 1.89. The maximum absolute atomic E-state index is 13.7. The molecule has 2 rings (SSSR count). The number of carbonyl (C=O) groups excluding carboxylic acids is 1. The Labute approximate surface area is 184 Å². The van der Waals surface area contributed by atoms with Crippen molar-refractivity contribution in [1.29, 1.82) is 0 Å². The number of benzene rings is 2. The van der Waals surface area contributed by atoms with Crippen molar-refractivity contribution in [2.45, 2.75) is 12.7 Å². The van der Waals surface area contributed by atoms with E-state index in [1.807, 2.05) is 0 Å². The van der Waals surface area contributed by atoms with E-state index >= 15 is 0 Å². The van der Waals surface area contributed by atoms with Crippen molar-refractivity contribution in [3.8, 4) is 0 Å². The summed E-state index contributed by atoms with van der Waals surface area (Å²) in [7, 11) is -3.66. The molecule has 0 bridgehead atoms. The van der Waals surface area contributed by atoms with Gasteiger partial charge in [0.2, 0.25) is 15.9 Å². The summed E-state index contributed by atoms with van der Waals surface area (Å²) in [5.74, 6) is 0.0984. The SMILES string of the molecule is Cc1cc(Cl)ccc1N(CC(=O)NCCSCc1c(F)cccc1Cl)S(C)(=O)=O. The molecule has 0 heterocycles. The van der Waals surface area contributed by atoms with Gasteiger partial charge in [0.05, 0.1) is 11.9 Å². The molecule has 10 heteroatoms. The maximum Gasteiger partial charge on any atom is 0.240 e. The molecule has 1 N–H and O–H groups in total. The van der Waals surface area contributed by atoms with Crippen LogP contribution >= 0.6 is 35.0 Å². The number of nitrogens with zero attached hydrogens (tertiary/aromatic N) is 1. The number of hydrogen-bond acceptors (Lipinski definition) is 4. The van der Waals surface area contributed by atoms with E-state index in [4.69, 9.17) is 23.2 Å². The molecule has 0 saturated carbocycles. The van der Waals surface area contributed by atoms with Crippen LogP contribution in [0.3, 0.4) is 0 Å². The van der Waals surface area contributed by atoms with E-state index < -0.39 is 15.9 Å². The van der Waals surface area contributed by atoms with Crippen molar-refractivity contribution in [2.75, 3.05) is 29.4 Å². The number of sulfonamides is 1. The molecule has 2 aromatic rings. The fraction of sp³-hybridized carbons (Fsp3) is 0.316. The molecule has 1 amide bonds. The molecule has 0 saturated heterocycles. The van der Waals surface area contributed by atoms with Crippen molar-refractivity contribution in [1.82, 2.24) is 5.32 Å². The molecule has 0 radical (unpaired) electrons. The van der Waals surface area contributed by atoms with Crippen LogP contribution in [0.1, 0.15) is 11.1 Å². The van der Waals surface area contributed by atoms with Crippen LogP contribution in [0.25, 0.3) is 0 Å². The number of nitrogens with one attached hydrogen (secondary N) is 1. The van der Waals surface area contributed by atoms with Crippen LogP contribution in [-0.4, -0.2) is 39.4 Å². The normalized spacial score (nSPS) is 11.3. The Hall–Kier alpha value is -1.48. The zero-order valence-electron chi connectivity index (χ0n) is 15.9. The van der Waals surface area contributed by atoms with Crippen LogP contribution in [0.2, 0.25) is 10.0 Å². The number of thioether (sulfide) groups is 1. The largest absolute Gasteiger partial charge is 0.354 e. The first-order valence-corrected chi connectivity index (χ1v) is 12.4. The maximum atomic E-state index is 13.7. The van der Waals surface area contributed by atoms with Gasteiger partial charge in [0, 0.05) is 33.7 Å². The zero-order valence-corrected chi connectivity index (χ0v) is 19.1. The number of aryl methyl sites for hydroxylation is 1. The highest BCUT2D eigenvalue weighted by Crippen LogP contribution is 2.26. The second-order valence-corrected chi connectivity index (χ2v) is 10.2. The summed E-state index contributed by atoms with van der Waals surface area (Å²) in [4.78, 5) is 12.3. The van der Waals surface area contributed by atoms with Gasteiger partial charge in [-0.15, -0.1) is 0 Å². The number of carbonyl (C=O) groups is 1. The van der Waals surface area contributed by atoms with Crippen molar-refractivity contribution >= 4 is 56.6 Å². The summed E-state index contributed by atoms with van der Waals surface area (Å²) >= 11 is 13.3. The first-order valence-electron chi connectivity index (χ1n) is 8.61. The van der Waals surface area contributed by atoms with Crippen molar-refractivity contribution in [3.63, 3.8) is 0 Å². The van der Waals surface area contributed by atoms with Gasteiger partial charge in [-0.2, -0.15) is 11.8 Å². The third kappa shape index (κ3) is 7.06. The molecule has 0 aliphatic carbocycles. The Morgan fingerprint density at radius 3 is 2.59 bits per heavy atom.